The lowest BCUT2D eigenvalue weighted by molar-refractivity contribution is 0.669. The number of hydrogen-bond donors (Lipinski definition) is 0. The monoisotopic (exact) mass is 742 g/mol. The minimum absolute atomic E-state index is 0.851. The fourth-order valence-corrected chi connectivity index (χ4v) is 8.96. The normalized spacial score (nSPS) is 11.8. The molecule has 0 aliphatic heterocycles. The molecule has 272 valence electrons. The van der Waals surface area contributed by atoms with Crippen LogP contribution in [0.15, 0.2) is 215 Å². The Morgan fingerprint density at radius 1 is 0.345 bits per heavy atom. The molecule has 4 nitrogen and oxygen atoms in total. The van der Waals surface area contributed by atoms with Crippen molar-refractivity contribution in [2.24, 2.45) is 0 Å². The lowest BCUT2D eigenvalue weighted by atomic mass is 9.98. The second-order valence-electron chi connectivity index (χ2n) is 14.9. The minimum Gasteiger partial charge on any atom is -0.456 e. The van der Waals surface area contributed by atoms with Crippen LogP contribution in [0.1, 0.15) is 0 Å². The van der Waals surface area contributed by atoms with Crippen molar-refractivity contribution in [3.63, 3.8) is 0 Å². The lowest BCUT2D eigenvalue weighted by Gasteiger charge is -2.26. The summed E-state index contributed by atoms with van der Waals surface area (Å²) in [4.78, 5) is 2.31. The van der Waals surface area contributed by atoms with Crippen LogP contribution in [-0.2, 0) is 0 Å². The highest BCUT2D eigenvalue weighted by molar-refractivity contribution is 6.14. The first kappa shape index (κ1) is 32.4. The summed E-state index contributed by atoms with van der Waals surface area (Å²) in [7, 11) is 0. The van der Waals surface area contributed by atoms with Crippen molar-refractivity contribution < 1.29 is 8.83 Å². The summed E-state index contributed by atoms with van der Waals surface area (Å²) in [5.41, 5.74) is 14.8. The first-order chi connectivity index (χ1) is 28.8. The van der Waals surface area contributed by atoms with Crippen LogP contribution in [0.5, 0.6) is 0 Å². The number of furan rings is 2. The van der Waals surface area contributed by atoms with Gasteiger partial charge in [0.15, 0.2) is 0 Å². The van der Waals surface area contributed by atoms with Gasteiger partial charge in [-0.1, -0.05) is 133 Å². The van der Waals surface area contributed by atoms with E-state index in [-0.39, 0.29) is 0 Å². The predicted molar refractivity (Wildman–Crippen MR) is 241 cm³/mol. The Bertz CT molecular complexity index is 3460. The molecule has 0 unspecified atom stereocenters. The van der Waals surface area contributed by atoms with Crippen LogP contribution >= 0.6 is 0 Å². The number of fused-ring (bicyclic) bond motifs is 9. The van der Waals surface area contributed by atoms with Crippen molar-refractivity contribution in [3.05, 3.63) is 206 Å². The number of hydrogen-bond acceptors (Lipinski definition) is 3. The Hall–Kier alpha value is -7.82. The van der Waals surface area contributed by atoms with Gasteiger partial charge in [0.2, 0.25) is 0 Å². The van der Waals surface area contributed by atoms with Crippen molar-refractivity contribution in [3.8, 4) is 27.9 Å². The number of rotatable bonds is 6. The van der Waals surface area contributed by atoms with Crippen LogP contribution in [0.3, 0.4) is 0 Å². The lowest BCUT2D eigenvalue weighted by Crippen LogP contribution is -2.10. The van der Waals surface area contributed by atoms with Crippen LogP contribution in [0.4, 0.5) is 17.1 Å². The van der Waals surface area contributed by atoms with E-state index in [4.69, 9.17) is 8.83 Å². The van der Waals surface area contributed by atoms with Crippen molar-refractivity contribution in [2.45, 2.75) is 0 Å². The van der Waals surface area contributed by atoms with E-state index in [0.29, 0.717) is 0 Å². The molecule has 0 saturated heterocycles. The summed E-state index contributed by atoms with van der Waals surface area (Å²) >= 11 is 0. The van der Waals surface area contributed by atoms with Gasteiger partial charge in [0.05, 0.1) is 27.8 Å². The third-order valence-electron chi connectivity index (χ3n) is 11.6. The summed E-state index contributed by atoms with van der Waals surface area (Å²) in [6, 6.07) is 73.2. The molecular weight excluding hydrogens is 709 g/mol. The van der Waals surface area contributed by atoms with Gasteiger partial charge in [-0.2, -0.15) is 0 Å². The molecule has 0 fully saturated rings. The van der Waals surface area contributed by atoms with E-state index in [1.165, 1.54) is 38.6 Å². The first-order valence-corrected chi connectivity index (χ1v) is 19.7. The molecule has 0 saturated carbocycles. The zero-order valence-electron chi connectivity index (χ0n) is 31.3. The molecule has 0 spiro atoms. The van der Waals surface area contributed by atoms with E-state index in [2.05, 4.69) is 185 Å². The second-order valence-corrected chi connectivity index (χ2v) is 14.9. The molecule has 12 rings (SSSR count). The molecule has 0 atom stereocenters. The Morgan fingerprint density at radius 3 is 1.60 bits per heavy atom. The van der Waals surface area contributed by atoms with Crippen LogP contribution in [0.2, 0.25) is 0 Å². The standard InChI is InChI=1S/C54H34N2O2/c1-6-17-46(56-47-18-7-2-13-41(47)42-14-3-8-19-48(42)56)40(12-1)37-26-24-35(25-27-37)36-28-30-38(31-29-36)55(39-32-33-44-43-15-4-9-21-50(43)58-53(44)34-39)49-20-11-23-52-54(49)45-16-5-10-22-51(45)57-52/h1-34H. The average molecular weight is 743 g/mol. The first-order valence-electron chi connectivity index (χ1n) is 19.7. The van der Waals surface area contributed by atoms with Crippen molar-refractivity contribution in [1.82, 2.24) is 4.57 Å². The quantitative estimate of drug-likeness (QED) is 0.170. The molecule has 3 heterocycles. The number of aromatic nitrogens is 1. The molecule has 0 amide bonds. The smallest absolute Gasteiger partial charge is 0.137 e. The zero-order chi connectivity index (χ0) is 38.2. The summed E-state index contributed by atoms with van der Waals surface area (Å²) < 4.78 is 15.2. The molecule has 4 heteroatoms. The highest BCUT2D eigenvalue weighted by Crippen LogP contribution is 2.45. The summed E-state index contributed by atoms with van der Waals surface area (Å²) in [5.74, 6) is 0. The molecule has 3 aromatic heterocycles. The van der Waals surface area contributed by atoms with E-state index >= 15 is 0 Å². The summed E-state index contributed by atoms with van der Waals surface area (Å²) in [6.45, 7) is 0. The fourth-order valence-electron chi connectivity index (χ4n) is 8.96. The summed E-state index contributed by atoms with van der Waals surface area (Å²) in [6.07, 6.45) is 0. The molecule has 0 bridgehead atoms. The molecule has 9 aromatic carbocycles. The Labute approximate surface area is 334 Å². The van der Waals surface area contributed by atoms with E-state index in [9.17, 15) is 0 Å². The minimum atomic E-state index is 0.851. The van der Waals surface area contributed by atoms with Gasteiger partial charge in [-0.3, -0.25) is 0 Å². The molecular formula is C54H34N2O2. The van der Waals surface area contributed by atoms with Gasteiger partial charge < -0.3 is 18.3 Å². The van der Waals surface area contributed by atoms with Crippen LogP contribution in [0, 0.1) is 0 Å². The van der Waals surface area contributed by atoms with Gasteiger partial charge in [-0.15, -0.1) is 0 Å². The molecule has 12 aromatic rings. The van der Waals surface area contributed by atoms with E-state index in [1.54, 1.807) is 0 Å². The van der Waals surface area contributed by atoms with E-state index in [0.717, 1.165) is 72.1 Å². The molecule has 0 N–H and O–H groups in total. The number of nitrogens with zero attached hydrogens (tertiary/aromatic N) is 2. The molecule has 0 radical (unpaired) electrons. The SMILES string of the molecule is c1ccc(-n2c3ccccc3c3ccccc32)c(-c2ccc(-c3ccc(N(c4ccc5c(c4)oc4ccccc45)c4cccc5oc6ccccc6c45)cc3)cc2)c1. The maximum atomic E-state index is 6.40. The summed E-state index contributed by atoms with van der Waals surface area (Å²) in [5, 5.41) is 6.89. The fraction of sp³-hybridized carbons (Fsp3) is 0. The maximum Gasteiger partial charge on any atom is 0.137 e. The Balaban J connectivity index is 0.946. The second kappa shape index (κ2) is 12.9. The van der Waals surface area contributed by atoms with Crippen molar-refractivity contribution >= 4 is 82.7 Å². The molecule has 0 aliphatic carbocycles. The van der Waals surface area contributed by atoms with Crippen LogP contribution in [-0.4, -0.2) is 4.57 Å². The third kappa shape index (κ3) is 5.02. The van der Waals surface area contributed by atoms with Gasteiger partial charge in [0.25, 0.3) is 0 Å². The average Bonchev–Trinajstić information content (AvgIpc) is 3.97. The van der Waals surface area contributed by atoms with Gasteiger partial charge >= 0.3 is 0 Å². The highest BCUT2D eigenvalue weighted by atomic mass is 16.3. The maximum absolute atomic E-state index is 6.40. The zero-order valence-corrected chi connectivity index (χ0v) is 31.3. The molecule has 58 heavy (non-hydrogen) atoms. The van der Waals surface area contributed by atoms with Gasteiger partial charge in [0, 0.05) is 49.9 Å². The van der Waals surface area contributed by atoms with Crippen LogP contribution in [0.25, 0.3) is 93.6 Å². The largest absolute Gasteiger partial charge is 0.456 e. The van der Waals surface area contributed by atoms with E-state index in [1.807, 2.05) is 30.3 Å². The third-order valence-corrected chi connectivity index (χ3v) is 11.6. The number of benzene rings is 9. The van der Waals surface area contributed by atoms with Gasteiger partial charge in [0.1, 0.15) is 22.3 Å². The van der Waals surface area contributed by atoms with Crippen LogP contribution < -0.4 is 4.90 Å². The van der Waals surface area contributed by atoms with E-state index < -0.39 is 0 Å². The Morgan fingerprint density at radius 2 is 0.862 bits per heavy atom. The van der Waals surface area contributed by atoms with Crippen molar-refractivity contribution in [1.29, 1.82) is 0 Å². The number of anilines is 3. The molecule has 0 aliphatic rings. The predicted octanol–water partition coefficient (Wildman–Crippen LogP) is 15.4. The van der Waals surface area contributed by atoms with Gasteiger partial charge in [-0.25, -0.2) is 0 Å². The topological polar surface area (TPSA) is 34.5 Å². The highest BCUT2D eigenvalue weighted by Gasteiger charge is 2.21. The van der Waals surface area contributed by atoms with Gasteiger partial charge in [-0.05, 0) is 83.4 Å². The number of para-hydroxylation sites is 5. The Kier molecular flexibility index (Phi) is 7.20. The van der Waals surface area contributed by atoms with Crippen molar-refractivity contribution in [2.75, 3.05) is 4.90 Å².